The molecule has 0 radical (unpaired) electrons. The molecule has 5 nitrogen and oxygen atoms in total. The number of nitrogens with zero attached hydrogens (tertiary/aromatic N) is 1. The van der Waals surface area contributed by atoms with Crippen molar-refractivity contribution in [3.05, 3.63) is 35.4 Å². The molecule has 2 aliphatic heterocycles. The molecule has 0 aromatic heterocycles. The Hall–Kier alpha value is -1.72. The van der Waals surface area contributed by atoms with Crippen LogP contribution in [0.25, 0.3) is 0 Å². The molecule has 1 fully saturated rings. The van der Waals surface area contributed by atoms with Crippen LogP contribution in [0.1, 0.15) is 33.6 Å². The predicted octanol–water partition coefficient (Wildman–Crippen LogP) is 0.966. The predicted molar refractivity (Wildman–Crippen MR) is 63.9 cm³/mol. The number of carbonyl (C=O) groups is 2. The molecule has 5 heteroatoms. The molecule has 18 heavy (non-hydrogen) atoms. The summed E-state index contributed by atoms with van der Waals surface area (Å²) in [6.07, 6.45) is 2.12. The lowest BCUT2D eigenvalue weighted by Crippen LogP contribution is -2.36. The molecule has 2 heterocycles. The van der Waals surface area contributed by atoms with Crippen LogP contribution in [0.3, 0.4) is 0 Å². The zero-order valence-corrected chi connectivity index (χ0v) is 9.89. The van der Waals surface area contributed by atoms with E-state index in [-0.39, 0.29) is 17.9 Å². The van der Waals surface area contributed by atoms with Crippen LogP contribution in [-0.2, 0) is 4.84 Å². The zero-order valence-electron chi connectivity index (χ0n) is 9.89. The van der Waals surface area contributed by atoms with Gasteiger partial charge in [0.05, 0.1) is 17.7 Å². The van der Waals surface area contributed by atoms with Crippen LogP contribution in [0.4, 0.5) is 0 Å². The monoisotopic (exact) mass is 246 g/mol. The lowest BCUT2D eigenvalue weighted by atomic mass is 10.1. The van der Waals surface area contributed by atoms with E-state index < -0.39 is 0 Å². The van der Waals surface area contributed by atoms with Gasteiger partial charge in [0.25, 0.3) is 11.8 Å². The van der Waals surface area contributed by atoms with Crippen molar-refractivity contribution in [3.8, 4) is 0 Å². The second-order valence-electron chi connectivity index (χ2n) is 4.54. The van der Waals surface area contributed by atoms with Gasteiger partial charge in [-0.05, 0) is 31.5 Å². The molecule has 2 aliphatic rings. The minimum Gasteiger partial charge on any atom is -0.312 e. The van der Waals surface area contributed by atoms with Gasteiger partial charge in [-0.2, -0.15) is 0 Å². The van der Waals surface area contributed by atoms with Gasteiger partial charge in [-0.25, -0.2) is 0 Å². The Labute approximate surface area is 105 Å². The van der Waals surface area contributed by atoms with Crippen LogP contribution in [-0.4, -0.2) is 36.1 Å². The maximum atomic E-state index is 12.0. The van der Waals surface area contributed by atoms with E-state index >= 15 is 0 Å². The maximum Gasteiger partial charge on any atom is 0.285 e. The lowest BCUT2D eigenvalue weighted by Gasteiger charge is -2.16. The van der Waals surface area contributed by atoms with Crippen molar-refractivity contribution in [2.75, 3.05) is 13.2 Å². The highest BCUT2D eigenvalue weighted by Crippen LogP contribution is 2.22. The van der Waals surface area contributed by atoms with Crippen LogP contribution >= 0.6 is 0 Å². The van der Waals surface area contributed by atoms with E-state index in [1.165, 1.54) is 0 Å². The summed E-state index contributed by atoms with van der Waals surface area (Å²) < 4.78 is 0. The number of amides is 2. The van der Waals surface area contributed by atoms with Crippen molar-refractivity contribution in [3.63, 3.8) is 0 Å². The number of benzene rings is 1. The van der Waals surface area contributed by atoms with Crippen LogP contribution in [0.5, 0.6) is 0 Å². The van der Waals surface area contributed by atoms with E-state index in [4.69, 9.17) is 4.84 Å². The summed E-state index contributed by atoms with van der Waals surface area (Å²) in [6.45, 7) is 1.32. The molecule has 94 valence electrons. The Morgan fingerprint density at radius 1 is 1.22 bits per heavy atom. The highest BCUT2D eigenvalue weighted by atomic mass is 16.7. The van der Waals surface area contributed by atoms with Crippen molar-refractivity contribution in [2.45, 2.75) is 18.9 Å². The molecule has 0 bridgehead atoms. The standard InChI is InChI=1S/C13H14N2O3/c16-12-10-5-1-2-6-11(10)13(17)15(12)18-8-9-4-3-7-14-9/h1-2,5-6,9,14H,3-4,7-8H2/t9-/m0/s1. The number of nitrogens with one attached hydrogen (secondary N) is 1. The zero-order chi connectivity index (χ0) is 12.5. The molecular formula is C13H14N2O3. The van der Waals surface area contributed by atoms with Gasteiger partial charge in [-0.1, -0.05) is 12.1 Å². The maximum absolute atomic E-state index is 12.0. The Bertz CT molecular complexity index is 460. The average Bonchev–Trinajstić information content (AvgIpc) is 2.98. The summed E-state index contributed by atoms with van der Waals surface area (Å²) in [6, 6.07) is 7.01. The largest absolute Gasteiger partial charge is 0.312 e. The molecule has 1 atom stereocenters. The second-order valence-corrected chi connectivity index (χ2v) is 4.54. The molecular weight excluding hydrogens is 232 g/mol. The highest BCUT2D eigenvalue weighted by molar-refractivity contribution is 6.20. The van der Waals surface area contributed by atoms with Gasteiger partial charge < -0.3 is 5.32 Å². The normalized spacial score (nSPS) is 22.7. The van der Waals surface area contributed by atoms with E-state index in [1.807, 2.05) is 0 Å². The Morgan fingerprint density at radius 3 is 2.44 bits per heavy atom. The SMILES string of the molecule is O=C1c2ccccc2C(=O)N1OC[C@@H]1CCCN1. The third kappa shape index (κ3) is 1.81. The Balaban J connectivity index is 1.71. The number of fused-ring (bicyclic) bond motifs is 1. The van der Waals surface area contributed by atoms with Gasteiger partial charge in [0.1, 0.15) is 0 Å². The molecule has 3 rings (SSSR count). The average molecular weight is 246 g/mol. The molecule has 1 aromatic carbocycles. The number of imide groups is 1. The van der Waals surface area contributed by atoms with E-state index in [1.54, 1.807) is 24.3 Å². The third-order valence-corrected chi connectivity index (χ3v) is 3.32. The van der Waals surface area contributed by atoms with E-state index in [0.29, 0.717) is 17.7 Å². The Kier molecular flexibility index (Phi) is 2.85. The van der Waals surface area contributed by atoms with Crippen molar-refractivity contribution >= 4 is 11.8 Å². The van der Waals surface area contributed by atoms with Crippen LogP contribution < -0.4 is 5.32 Å². The van der Waals surface area contributed by atoms with Gasteiger partial charge in [0, 0.05) is 6.04 Å². The first kappa shape index (κ1) is 11.4. The van der Waals surface area contributed by atoms with Crippen molar-refractivity contribution in [1.29, 1.82) is 0 Å². The molecule has 0 spiro atoms. The Morgan fingerprint density at radius 2 is 1.89 bits per heavy atom. The topological polar surface area (TPSA) is 58.6 Å². The fraction of sp³-hybridized carbons (Fsp3) is 0.385. The molecule has 1 saturated heterocycles. The molecule has 0 unspecified atom stereocenters. The third-order valence-electron chi connectivity index (χ3n) is 3.32. The first-order valence-corrected chi connectivity index (χ1v) is 6.11. The van der Waals surface area contributed by atoms with E-state index in [0.717, 1.165) is 24.4 Å². The van der Waals surface area contributed by atoms with Gasteiger partial charge in [-0.3, -0.25) is 14.4 Å². The summed E-state index contributed by atoms with van der Waals surface area (Å²) in [4.78, 5) is 29.3. The summed E-state index contributed by atoms with van der Waals surface area (Å²) >= 11 is 0. The summed E-state index contributed by atoms with van der Waals surface area (Å²) in [5.74, 6) is -0.734. The fourth-order valence-corrected chi connectivity index (χ4v) is 2.35. The van der Waals surface area contributed by atoms with Crippen molar-refractivity contribution < 1.29 is 14.4 Å². The lowest BCUT2D eigenvalue weighted by molar-refractivity contribution is -0.0964. The number of carbonyl (C=O) groups excluding carboxylic acids is 2. The minimum atomic E-state index is -0.367. The van der Waals surface area contributed by atoms with Crippen LogP contribution in [0.15, 0.2) is 24.3 Å². The second kappa shape index (κ2) is 4.51. The number of hydrogen-bond acceptors (Lipinski definition) is 4. The summed E-state index contributed by atoms with van der Waals surface area (Å²) in [5, 5.41) is 4.14. The van der Waals surface area contributed by atoms with Gasteiger partial charge in [0.2, 0.25) is 0 Å². The molecule has 1 N–H and O–H groups in total. The van der Waals surface area contributed by atoms with Crippen LogP contribution in [0.2, 0.25) is 0 Å². The molecule has 2 amide bonds. The minimum absolute atomic E-state index is 0.231. The number of hydrogen-bond donors (Lipinski definition) is 1. The van der Waals surface area contributed by atoms with E-state index in [2.05, 4.69) is 5.32 Å². The van der Waals surface area contributed by atoms with E-state index in [9.17, 15) is 9.59 Å². The smallest absolute Gasteiger partial charge is 0.285 e. The first-order chi connectivity index (χ1) is 8.77. The quantitative estimate of drug-likeness (QED) is 0.807. The molecule has 0 saturated carbocycles. The number of hydroxylamine groups is 2. The van der Waals surface area contributed by atoms with Crippen molar-refractivity contribution in [2.24, 2.45) is 0 Å². The van der Waals surface area contributed by atoms with Gasteiger partial charge >= 0.3 is 0 Å². The molecule has 0 aliphatic carbocycles. The first-order valence-electron chi connectivity index (χ1n) is 6.11. The van der Waals surface area contributed by atoms with Gasteiger partial charge in [-0.15, -0.1) is 5.06 Å². The number of rotatable bonds is 3. The van der Waals surface area contributed by atoms with Crippen LogP contribution in [0, 0.1) is 0 Å². The summed E-state index contributed by atoms with van der Waals surface area (Å²) in [5.41, 5.74) is 0.837. The van der Waals surface area contributed by atoms with Gasteiger partial charge in [0.15, 0.2) is 0 Å². The fourth-order valence-electron chi connectivity index (χ4n) is 2.35. The highest BCUT2D eigenvalue weighted by Gasteiger charge is 2.36. The van der Waals surface area contributed by atoms with Crippen molar-refractivity contribution in [1.82, 2.24) is 10.4 Å². The summed E-state index contributed by atoms with van der Waals surface area (Å²) in [7, 11) is 0. The molecule has 1 aromatic rings.